The Hall–Kier alpha value is -1.13. The van der Waals surface area contributed by atoms with E-state index < -0.39 is 5.60 Å². The molecule has 2 N–H and O–H groups in total. The van der Waals surface area contributed by atoms with Crippen molar-refractivity contribution >= 4 is 17.5 Å². The summed E-state index contributed by atoms with van der Waals surface area (Å²) in [4.78, 5) is 15.6. The molecule has 1 aromatic heterocycles. The van der Waals surface area contributed by atoms with Gasteiger partial charge in [0.1, 0.15) is 5.15 Å². The van der Waals surface area contributed by atoms with Gasteiger partial charge in [-0.05, 0) is 25.0 Å². The molecule has 0 spiro atoms. The fourth-order valence-electron chi connectivity index (χ4n) is 2.07. The van der Waals surface area contributed by atoms with Crippen molar-refractivity contribution in [3.8, 4) is 0 Å². The number of carbonyl (C=O) groups excluding carboxylic acids is 1. The van der Waals surface area contributed by atoms with E-state index in [1.807, 2.05) is 0 Å². The maximum absolute atomic E-state index is 11.7. The van der Waals surface area contributed by atoms with Gasteiger partial charge < -0.3 is 10.4 Å². The van der Waals surface area contributed by atoms with E-state index in [0.717, 1.165) is 25.7 Å². The minimum atomic E-state index is -0.727. The van der Waals surface area contributed by atoms with Crippen LogP contribution in [-0.2, 0) is 0 Å². The van der Waals surface area contributed by atoms with Crippen molar-refractivity contribution in [2.75, 3.05) is 6.54 Å². The Morgan fingerprint density at radius 1 is 1.47 bits per heavy atom. The van der Waals surface area contributed by atoms with Crippen LogP contribution in [0.15, 0.2) is 18.3 Å². The number of carbonyl (C=O) groups is 1. The highest BCUT2D eigenvalue weighted by Crippen LogP contribution is 2.28. The number of hydrogen-bond donors (Lipinski definition) is 2. The lowest BCUT2D eigenvalue weighted by atomic mass is 10.0. The summed E-state index contributed by atoms with van der Waals surface area (Å²) in [6.45, 7) is 0.300. The summed E-state index contributed by atoms with van der Waals surface area (Å²) in [5.74, 6) is -0.227. The van der Waals surface area contributed by atoms with E-state index in [9.17, 15) is 9.90 Å². The predicted octanol–water partition coefficient (Wildman–Crippen LogP) is 1.77. The van der Waals surface area contributed by atoms with Gasteiger partial charge in [0.15, 0.2) is 0 Å². The second kappa shape index (κ2) is 5.02. The Morgan fingerprint density at radius 3 is 2.76 bits per heavy atom. The zero-order valence-corrected chi connectivity index (χ0v) is 10.2. The van der Waals surface area contributed by atoms with E-state index in [1.165, 1.54) is 6.20 Å². The highest BCUT2D eigenvalue weighted by Gasteiger charge is 2.31. The summed E-state index contributed by atoms with van der Waals surface area (Å²) in [6.07, 6.45) is 4.98. The number of hydrogen-bond acceptors (Lipinski definition) is 3. The van der Waals surface area contributed by atoms with E-state index in [0.29, 0.717) is 17.3 Å². The number of pyridine rings is 1. The van der Waals surface area contributed by atoms with Gasteiger partial charge >= 0.3 is 0 Å². The summed E-state index contributed by atoms with van der Waals surface area (Å²) in [7, 11) is 0. The van der Waals surface area contributed by atoms with Crippen molar-refractivity contribution in [2.45, 2.75) is 31.3 Å². The monoisotopic (exact) mass is 254 g/mol. The van der Waals surface area contributed by atoms with Crippen molar-refractivity contribution in [1.29, 1.82) is 0 Å². The molecule has 4 nitrogen and oxygen atoms in total. The molecule has 0 atom stereocenters. The molecule has 2 rings (SSSR count). The largest absolute Gasteiger partial charge is 0.388 e. The molecule has 0 saturated heterocycles. The first-order valence-electron chi connectivity index (χ1n) is 5.71. The highest BCUT2D eigenvalue weighted by molar-refractivity contribution is 6.29. The fourth-order valence-corrected chi connectivity index (χ4v) is 2.18. The Kier molecular flexibility index (Phi) is 3.64. The number of halogens is 1. The second-order valence-corrected chi connectivity index (χ2v) is 4.87. The first-order chi connectivity index (χ1) is 8.09. The molecule has 5 heteroatoms. The van der Waals surface area contributed by atoms with Crippen LogP contribution in [0.5, 0.6) is 0 Å². The number of aliphatic hydroxyl groups is 1. The quantitative estimate of drug-likeness (QED) is 0.808. The number of aromatic nitrogens is 1. The van der Waals surface area contributed by atoms with Crippen molar-refractivity contribution < 1.29 is 9.90 Å². The SMILES string of the molecule is O=C(NCC1(O)CCCC1)c1ccc(Cl)nc1. The summed E-state index contributed by atoms with van der Waals surface area (Å²) in [5, 5.41) is 13.2. The van der Waals surface area contributed by atoms with Crippen LogP contribution in [0.25, 0.3) is 0 Å². The van der Waals surface area contributed by atoms with Gasteiger partial charge in [-0.3, -0.25) is 4.79 Å². The zero-order chi connectivity index (χ0) is 12.3. The van der Waals surface area contributed by atoms with Gasteiger partial charge in [-0.1, -0.05) is 24.4 Å². The standard InChI is InChI=1S/C12H15ClN2O2/c13-10-4-3-9(7-14-10)11(16)15-8-12(17)5-1-2-6-12/h3-4,7,17H,1-2,5-6,8H2,(H,15,16). The van der Waals surface area contributed by atoms with E-state index in [-0.39, 0.29) is 5.91 Å². The number of nitrogens with zero attached hydrogens (tertiary/aromatic N) is 1. The van der Waals surface area contributed by atoms with Gasteiger partial charge in [-0.2, -0.15) is 0 Å². The number of nitrogens with one attached hydrogen (secondary N) is 1. The van der Waals surface area contributed by atoms with Gasteiger partial charge in [-0.15, -0.1) is 0 Å². The van der Waals surface area contributed by atoms with Gasteiger partial charge in [0.25, 0.3) is 5.91 Å². The summed E-state index contributed by atoms with van der Waals surface area (Å²) in [5.41, 5.74) is -0.272. The topological polar surface area (TPSA) is 62.2 Å². The molecule has 92 valence electrons. The predicted molar refractivity (Wildman–Crippen MR) is 65.0 cm³/mol. The van der Waals surface area contributed by atoms with Crippen LogP contribution in [0.4, 0.5) is 0 Å². The average Bonchev–Trinajstić information content (AvgIpc) is 2.75. The highest BCUT2D eigenvalue weighted by atomic mass is 35.5. The molecule has 1 amide bonds. The van der Waals surface area contributed by atoms with Crippen LogP contribution in [0.1, 0.15) is 36.0 Å². The minimum Gasteiger partial charge on any atom is -0.388 e. The summed E-state index contributed by atoms with van der Waals surface area (Å²) in [6, 6.07) is 3.18. The van der Waals surface area contributed by atoms with Crippen LogP contribution in [-0.4, -0.2) is 28.1 Å². The van der Waals surface area contributed by atoms with Crippen molar-refractivity contribution in [3.63, 3.8) is 0 Å². The average molecular weight is 255 g/mol. The molecule has 1 aliphatic rings. The minimum absolute atomic E-state index is 0.227. The van der Waals surface area contributed by atoms with Crippen LogP contribution >= 0.6 is 11.6 Å². The third kappa shape index (κ3) is 3.17. The first-order valence-corrected chi connectivity index (χ1v) is 6.09. The smallest absolute Gasteiger partial charge is 0.252 e. The number of amides is 1. The Balaban J connectivity index is 1.91. The van der Waals surface area contributed by atoms with Gasteiger partial charge in [0.2, 0.25) is 0 Å². The van der Waals surface area contributed by atoms with Crippen molar-refractivity contribution in [2.24, 2.45) is 0 Å². The Labute approximate surface area is 105 Å². The number of rotatable bonds is 3. The molecule has 1 aromatic rings. The molecular formula is C12H15ClN2O2. The van der Waals surface area contributed by atoms with Crippen LogP contribution in [0.2, 0.25) is 5.15 Å². The summed E-state index contributed by atoms with van der Waals surface area (Å²) >= 11 is 5.64. The maximum atomic E-state index is 11.7. The van der Waals surface area contributed by atoms with Crippen molar-refractivity contribution in [1.82, 2.24) is 10.3 Å². The van der Waals surface area contributed by atoms with Gasteiger partial charge in [0.05, 0.1) is 11.2 Å². The molecule has 1 saturated carbocycles. The van der Waals surface area contributed by atoms with E-state index in [2.05, 4.69) is 10.3 Å². The van der Waals surface area contributed by atoms with Crippen LogP contribution < -0.4 is 5.32 Å². The molecule has 17 heavy (non-hydrogen) atoms. The molecule has 0 aliphatic heterocycles. The lowest BCUT2D eigenvalue weighted by Crippen LogP contribution is -2.40. The van der Waals surface area contributed by atoms with Crippen LogP contribution in [0, 0.1) is 0 Å². The molecule has 1 heterocycles. The van der Waals surface area contributed by atoms with E-state index in [1.54, 1.807) is 12.1 Å². The molecule has 0 aromatic carbocycles. The van der Waals surface area contributed by atoms with E-state index in [4.69, 9.17) is 11.6 Å². The molecule has 0 unspecified atom stereocenters. The summed E-state index contributed by atoms with van der Waals surface area (Å²) < 4.78 is 0. The normalized spacial score (nSPS) is 18.0. The van der Waals surface area contributed by atoms with Gasteiger partial charge in [-0.25, -0.2) is 4.98 Å². The van der Waals surface area contributed by atoms with E-state index >= 15 is 0 Å². The Bertz CT molecular complexity index is 399. The van der Waals surface area contributed by atoms with Gasteiger partial charge in [0, 0.05) is 12.7 Å². The van der Waals surface area contributed by atoms with Crippen LogP contribution in [0.3, 0.4) is 0 Å². The lowest BCUT2D eigenvalue weighted by Gasteiger charge is -2.22. The maximum Gasteiger partial charge on any atom is 0.252 e. The fraction of sp³-hybridized carbons (Fsp3) is 0.500. The third-order valence-corrected chi connectivity index (χ3v) is 3.33. The molecule has 0 radical (unpaired) electrons. The van der Waals surface area contributed by atoms with Crippen molar-refractivity contribution in [3.05, 3.63) is 29.0 Å². The molecule has 1 fully saturated rings. The molecule has 0 bridgehead atoms. The third-order valence-electron chi connectivity index (χ3n) is 3.10. The Morgan fingerprint density at radius 2 is 2.18 bits per heavy atom. The molecular weight excluding hydrogens is 240 g/mol. The first kappa shape index (κ1) is 12.3. The molecule has 1 aliphatic carbocycles. The second-order valence-electron chi connectivity index (χ2n) is 4.48. The lowest BCUT2D eigenvalue weighted by molar-refractivity contribution is 0.0449. The zero-order valence-electron chi connectivity index (χ0n) is 9.45.